The van der Waals surface area contributed by atoms with Crippen molar-refractivity contribution in [3.63, 3.8) is 0 Å². The number of tetrazole rings is 1. The van der Waals surface area contributed by atoms with Crippen LogP contribution < -0.4 is 0 Å². The third kappa shape index (κ3) is 1.62. The molecule has 2 aromatic rings. The van der Waals surface area contributed by atoms with E-state index in [0.29, 0.717) is 12.5 Å². The molecule has 0 spiro atoms. The number of rotatable bonds is 3. The zero-order chi connectivity index (χ0) is 10.3. The van der Waals surface area contributed by atoms with Crippen LogP contribution in [-0.4, -0.2) is 30.0 Å². The average molecular weight is 204 g/mol. The first-order valence-electron chi connectivity index (χ1n) is 5.07. The second kappa shape index (κ2) is 3.15. The van der Waals surface area contributed by atoms with Gasteiger partial charge in [-0.25, -0.2) is 0 Å². The monoisotopic (exact) mass is 204 g/mol. The van der Waals surface area contributed by atoms with Crippen molar-refractivity contribution in [3.05, 3.63) is 23.8 Å². The standard InChI is InChI=1S/C9H12N6/c1-14-8(4-5-10-14)6-15-12-9(11-13-15)7-2-3-7/h4-5,7H,2-3,6H2,1H3. The minimum absolute atomic E-state index is 0.560. The van der Waals surface area contributed by atoms with E-state index in [-0.39, 0.29) is 0 Å². The zero-order valence-corrected chi connectivity index (χ0v) is 8.54. The molecule has 15 heavy (non-hydrogen) atoms. The Kier molecular flexibility index (Phi) is 1.80. The van der Waals surface area contributed by atoms with E-state index >= 15 is 0 Å². The third-order valence-electron chi connectivity index (χ3n) is 2.64. The van der Waals surface area contributed by atoms with Gasteiger partial charge < -0.3 is 0 Å². The lowest BCUT2D eigenvalue weighted by Gasteiger charge is -1.98. The maximum Gasteiger partial charge on any atom is 0.177 e. The van der Waals surface area contributed by atoms with E-state index in [1.807, 2.05) is 17.8 Å². The molecule has 1 aliphatic carbocycles. The van der Waals surface area contributed by atoms with Gasteiger partial charge in [0.15, 0.2) is 5.82 Å². The molecule has 2 heterocycles. The summed E-state index contributed by atoms with van der Waals surface area (Å²) in [7, 11) is 1.91. The summed E-state index contributed by atoms with van der Waals surface area (Å²) in [5, 5.41) is 16.5. The Labute approximate surface area is 86.9 Å². The lowest BCUT2D eigenvalue weighted by Crippen LogP contribution is -2.08. The summed E-state index contributed by atoms with van der Waals surface area (Å²) in [6, 6.07) is 1.96. The fourth-order valence-corrected chi connectivity index (χ4v) is 1.53. The molecule has 3 rings (SSSR count). The van der Waals surface area contributed by atoms with Crippen molar-refractivity contribution >= 4 is 0 Å². The topological polar surface area (TPSA) is 61.4 Å². The number of aromatic nitrogens is 6. The molecule has 0 saturated heterocycles. The predicted molar refractivity (Wildman–Crippen MR) is 52.1 cm³/mol. The van der Waals surface area contributed by atoms with Crippen LogP contribution in [0.15, 0.2) is 12.3 Å². The molecule has 0 aromatic carbocycles. The van der Waals surface area contributed by atoms with Gasteiger partial charge in [0.25, 0.3) is 0 Å². The van der Waals surface area contributed by atoms with Crippen LogP contribution in [0, 0.1) is 0 Å². The summed E-state index contributed by atoms with van der Waals surface area (Å²) in [6.07, 6.45) is 4.18. The Morgan fingerprint density at radius 2 is 2.33 bits per heavy atom. The van der Waals surface area contributed by atoms with Crippen LogP contribution in [0.3, 0.4) is 0 Å². The molecular formula is C9H12N6. The maximum atomic E-state index is 4.34. The summed E-state index contributed by atoms with van der Waals surface area (Å²) < 4.78 is 1.82. The highest BCUT2D eigenvalue weighted by Crippen LogP contribution is 2.37. The minimum atomic E-state index is 0.560. The van der Waals surface area contributed by atoms with Gasteiger partial charge in [0.1, 0.15) is 6.54 Å². The fraction of sp³-hybridized carbons (Fsp3) is 0.556. The molecule has 1 aliphatic rings. The van der Waals surface area contributed by atoms with E-state index < -0.39 is 0 Å². The molecule has 0 radical (unpaired) electrons. The highest BCUT2D eigenvalue weighted by molar-refractivity contribution is 5.02. The van der Waals surface area contributed by atoms with Gasteiger partial charge in [-0.15, -0.1) is 10.2 Å². The first-order chi connectivity index (χ1) is 7.33. The molecule has 0 amide bonds. The molecule has 6 nitrogen and oxygen atoms in total. The Hall–Kier alpha value is -1.72. The van der Waals surface area contributed by atoms with Gasteiger partial charge in [0.2, 0.25) is 0 Å². The van der Waals surface area contributed by atoms with Crippen molar-refractivity contribution in [2.45, 2.75) is 25.3 Å². The van der Waals surface area contributed by atoms with Gasteiger partial charge in [-0.05, 0) is 24.1 Å². The van der Waals surface area contributed by atoms with Crippen LogP contribution >= 0.6 is 0 Å². The van der Waals surface area contributed by atoms with Crippen LogP contribution in [0.1, 0.15) is 30.3 Å². The largest absolute Gasteiger partial charge is 0.271 e. The highest BCUT2D eigenvalue weighted by atomic mass is 15.6. The molecule has 0 atom stereocenters. The Bertz CT molecular complexity index is 466. The van der Waals surface area contributed by atoms with Crippen LogP contribution in [0.4, 0.5) is 0 Å². The first kappa shape index (κ1) is 8.58. The normalized spacial score (nSPS) is 15.8. The van der Waals surface area contributed by atoms with Crippen molar-refractivity contribution in [1.29, 1.82) is 0 Å². The van der Waals surface area contributed by atoms with Crippen LogP contribution in [0.25, 0.3) is 0 Å². The maximum absolute atomic E-state index is 4.34. The summed E-state index contributed by atoms with van der Waals surface area (Å²) >= 11 is 0. The Balaban J connectivity index is 1.79. The number of hydrogen-bond donors (Lipinski definition) is 0. The molecular weight excluding hydrogens is 192 g/mol. The smallest absolute Gasteiger partial charge is 0.177 e. The van der Waals surface area contributed by atoms with Crippen molar-refractivity contribution in [1.82, 2.24) is 30.0 Å². The highest BCUT2D eigenvalue weighted by Gasteiger charge is 2.28. The van der Waals surface area contributed by atoms with E-state index in [4.69, 9.17) is 0 Å². The number of aryl methyl sites for hydroxylation is 1. The summed E-state index contributed by atoms with van der Waals surface area (Å²) in [5.74, 6) is 1.45. The summed E-state index contributed by atoms with van der Waals surface area (Å²) in [6.45, 7) is 0.635. The van der Waals surface area contributed by atoms with E-state index in [1.54, 1.807) is 11.0 Å². The lowest BCUT2D eigenvalue weighted by molar-refractivity contribution is 0.540. The number of hydrogen-bond acceptors (Lipinski definition) is 4. The van der Waals surface area contributed by atoms with Gasteiger partial charge in [0, 0.05) is 19.2 Å². The van der Waals surface area contributed by atoms with Crippen molar-refractivity contribution in [2.24, 2.45) is 7.05 Å². The summed E-state index contributed by atoms with van der Waals surface area (Å²) in [4.78, 5) is 1.63. The average Bonchev–Trinajstić information content (AvgIpc) is 2.86. The van der Waals surface area contributed by atoms with Crippen LogP contribution in [-0.2, 0) is 13.6 Å². The Morgan fingerprint density at radius 3 is 3.00 bits per heavy atom. The van der Waals surface area contributed by atoms with E-state index in [1.165, 1.54) is 12.8 Å². The molecule has 1 fully saturated rings. The molecule has 78 valence electrons. The number of nitrogens with zero attached hydrogens (tertiary/aromatic N) is 6. The fourth-order valence-electron chi connectivity index (χ4n) is 1.53. The zero-order valence-electron chi connectivity index (χ0n) is 8.54. The van der Waals surface area contributed by atoms with Gasteiger partial charge >= 0.3 is 0 Å². The van der Waals surface area contributed by atoms with Gasteiger partial charge in [-0.1, -0.05) is 0 Å². The van der Waals surface area contributed by atoms with Gasteiger partial charge in [-0.2, -0.15) is 9.90 Å². The van der Waals surface area contributed by atoms with Gasteiger partial charge in [-0.3, -0.25) is 4.68 Å². The van der Waals surface area contributed by atoms with Crippen molar-refractivity contribution < 1.29 is 0 Å². The quantitative estimate of drug-likeness (QED) is 0.723. The van der Waals surface area contributed by atoms with Crippen molar-refractivity contribution in [3.8, 4) is 0 Å². The third-order valence-corrected chi connectivity index (χ3v) is 2.64. The second-order valence-corrected chi connectivity index (χ2v) is 3.90. The minimum Gasteiger partial charge on any atom is -0.271 e. The first-order valence-corrected chi connectivity index (χ1v) is 5.07. The molecule has 0 unspecified atom stereocenters. The molecule has 2 aromatic heterocycles. The van der Waals surface area contributed by atoms with E-state index in [2.05, 4.69) is 20.5 Å². The van der Waals surface area contributed by atoms with Gasteiger partial charge in [0.05, 0.1) is 5.69 Å². The summed E-state index contributed by atoms with van der Waals surface area (Å²) in [5.41, 5.74) is 1.08. The van der Waals surface area contributed by atoms with Crippen molar-refractivity contribution in [2.75, 3.05) is 0 Å². The lowest BCUT2D eigenvalue weighted by atomic mass is 10.4. The molecule has 1 saturated carbocycles. The second-order valence-electron chi connectivity index (χ2n) is 3.90. The molecule has 0 aliphatic heterocycles. The van der Waals surface area contributed by atoms with E-state index in [9.17, 15) is 0 Å². The molecule has 0 N–H and O–H groups in total. The Morgan fingerprint density at radius 1 is 1.47 bits per heavy atom. The molecule has 6 heteroatoms. The predicted octanol–water partition coefficient (Wildman–Crippen LogP) is 0.332. The van der Waals surface area contributed by atoms with Crippen LogP contribution in [0.5, 0.6) is 0 Å². The van der Waals surface area contributed by atoms with E-state index in [0.717, 1.165) is 11.5 Å². The molecule has 0 bridgehead atoms. The van der Waals surface area contributed by atoms with Crippen LogP contribution in [0.2, 0.25) is 0 Å². The SMILES string of the molecule is Cn1nccc1Cn1nnc(C2CC2)n1.